The molecule has 0 saturated carbocycles. The lowest BCUT2D eigenvalue weighted by atomic mass is 10.0. The zero-order valence-electron chi connectivity index (χ0n) is 12.9. The van der Waals surface area contributed by atoms with Crippen molar-refractivity contribution in [1.82, 2.24) is 0 Å². The fourth-order valence-electron chi connectivity index (χ4n) is 2.63. The number of aryl methyl sites for hydroxylation is 1. The summed E-state index contributed by atoms with van der Waals surface area (Å²) in [6, 6.07) is 17.9. The van der Waals surface area contributed by atoms with Gasteiger partial charge in [-0.3, -0.25) is 0 Å². The molecule has 24 heavy (non-hydrogen) atoms. The van der Waals surface area contributed by atoms with Crippen LogP contribution in [0.2, 0.25) is 0 Å². The number of sulfone groups is 1. The first-order valence-electron chi connectivity index (χ1n) is 7.30. The van der Waals surface area contributed by atoms with Gasteiger partial charge in [-0.15, -0.1) is 0 Å². The first-order chi connectivity index (χ1) is 11.4. The molecule has 3 rings (SSSR count). The van der Waals surface area contributed by atoms with Crippen LogP contribution in [0.4, 0.5) is 4.39 Å². The average Bonchev–Trinajstić information content (AvgIpc) is 2.59. The average molecular weight is 342 g/mol. The highest BCUT2D eigenvalue weighted by Gasteiger charge is 2.28. The summed E-state index contributed by atoms with van der Waals surface area (Å²) in [5.74, 6) is -1.79. The van der Waals surface area contributed by atoms with Gasteiger partial charge in [-0.2, -0.15) is 0 Å². The number of phenols is 1. The predicted octanol–water partition coefficient (Wildman–Crippen LogP) is 4.34. The molecule has 0 unspecified atom stereocenters. The molecular formula is C19H15FO3S. The summed E-state index contributed by atoms with van der Waals surface area (Å²) in [5.41, 5.74) is 1.12. The lowest BCUT2D eigenvalue weighted by Gasteiger charge is -2.14. The standard InChI is InChI=1S/C19H15FO3S/c1-13-12-16(14-8-4-2-5-9-14)18(21)17(20)19(13)24(22,23)15-10-6-3-7-11-15/h2-12,21H,1H3. The second-order valence-electron chi connectivity index (χ2n) is 5.42. The van der Waals surface area contributed by atoms with E-state index < -0.39 is 26.3 Å². The number of hydrogen-bond acceptors (Lipinski definition) is 3. The molecule has 0 heterocycles. The number of halogens is 1. The second-order valence-corrected chi connectivity index (χ2v) is 7.30. The fourth-order valence-corrected chi connectivity index (χ4v) is 4.20. The van der Waals surface area contributed by atoms with Gasteiger partial charge in [0.2, 0.25) is 9.84 Å². The lowest BCUT2D eigenvalue weighted by Crippen LogP contribution is -2.07. The van der Waals surface area contributed by atoms with Crippen molar-refractivity contribution < 1.29 is 17.9 Å². The van der Waals surface area contributed by atoms with Gasteiger partial charge in [-0.05, 0) is 36.2 Å². The Labute approximate surface area is 139 Å². The smallest absolute Gasteiger partial charge is 0.209 e. The van der Waals surface area contributed by atoms with Crippen LogP contribution >= 0.6 is 0 Å². The van der Waals surface area contributed by atoms with Crippen molar-refractivity contribution in [3.63, 3.8) is 0 Å². The largest absolute Gasteiger partial charge is 0.504 e. The molecule has 0 aromatic heterocycles. The molecule has 5 heteroatoms. The van der Waals surface area contributed by atoms with Crippen LogP contribution in [0.15, 0.2) is 76.5 Å². The number of rotatable bonds is 3. The number of aromatic hydroxyl groups is 1. The molecule has 0 radical (unpaired) electrons. The first-order valence-corrected chi connectivity index (χ1v) is 8.79. The van der Waals surface area contributed by atoms with E-state index in [1.165, 1.54) is 25.1 Å². The fraction of sp³-hybridized carbons (Fsp3) is 0.0526. The molecular weight excluding hydrogens is 327 g/mol. The highest BCUT2D eigenvalue weighted by Crippen LogP contribution is 2.38. The van der Waals surface area contributed by atoms with Crippen LogP contribution in [0.1, 0.15) is 5.56 Å². The minimum absolute atomic E-state index is 0.0149. The minimum Gasteiger partial charge on any atom is -0.504 e. The monoisotopic (exact) mass is 342 g/mol. The zero-order chi connectivity index (χ0) is 17.3. The van der Waals surface area contributed by atoms with Crippen molar-refractivity contribution >= 4 is 9.84 Å². The van der Waals surface area contributed by atoms with Gasteiger partial charge >= 0.3 is 0 Å². The third-order valence-corrected chi connectivity index (χ3v) is 5.72. The summed E-state index contributed by atoms with van der Waals surface area (Å²) in [6.07, 6.45) is 0. The van der Waals surface area contributed by atoms with E-state index in [2.05, 4.69) is 0 Å². The van der Waals surface area contributed by atoms with Crippen molar-refractivity contribution in [2.45, 2.75) is 16.7 Å². The van der Waals surface area contributed by atoms with Gasteiger partial charge in [0.15, 0.2) is 11.6 Å². The van der Waals surface area contributed by atoms with Crippen molar-refractivity contribution in [3.05, 3.63) is 78.1 Å². The van der Waals surface area contributed by atoms with Gasteiger partial charge in [0.05, 0.1) is 4.90 Å². The van der Waals surface area contributed by atoms with Crippen LogP contribution in [-0.2, 0) is 9.84 Å². The maximum atomic E-state index is 14.8. The van der Waals surface area contributed by atoms with E-state index in [9.17, 15) is 17.9 Å². The summed E-state index contributed by atoms with van der Waals surface area (Å²) in [7, 11) is -4.06. The Balaban J connectivity index is 2.24. The van der Waals surface area contributed by atoms with Crippen LogP contribution in [0.3, 0.4) is 0 Å². The molecule has 0 saturated heterocycles. The van der Waals surface area contributed by atoms with Crippen molar-refractivity contribution in [3.8, 4) is 16.9 Å². The van der Waals surface area contributed by atoms with Gasteiger partial charge in [-0.1, -0.05) is 48.5 Å². The quantitative estimate of drug-likeness (QED) is 0.770. The highest BCUT2D eigenvalue weighted by atomic mass is 32.2. The number of hydrogen-bond donors (Lipinski definition) is 1. The zero-order valence-corrected chi connectivity index (χ0v) is 13.7. The lowest BCUT2D eigenvalue weighted by molar-refractivity contribution is 0.424. The van der Waals surface area contributed by atoms with E-state index in [1.54, 1.807) is 48.5 Å². The Hall–Kier alpha value is -2.66. The summed E-state index contributed by atoms with van der Waals surface area (Å²) in [6.45, 7) is 1.52. The van der Waals surface area contributed by atoms with Crippen LogP contribution < -0.4 is 0 Å². The SMILES string of the molecule is Cc1cc(-c2ccccc2)c(O)c(F)c1S(=O)(=O)c1ccccc1. The van der Waals surface area contributed by atoms with Gasteiger partial charge < -0.3 is 5.11 Å². The van der Waals surface area contributed by atoms with Crippen LogP contribution in [0.25, 0.3) is 11.1 Å². The van der Waals surface area contributed by atoms with E-state index >= 15 is 0 Å². The third-order valence-electron chi connectivity index (χ3n) is 3.79. The van der Waals surface area contributed by atoms with Gasteiger partial charge in [0, 0.05) is 5.56 Å². The van der Waals surface area contributed by atoms with E-state index in [0.29, 0.717) is 5.56 Å². The second kappa shape index (κ2) is 6.09. The van der Waals surface area contributed by atoms with Gasteiger partial charge in [-0.25, -0.2) is 12.8 Å². The molecule has 0 aliphatic rings. The minimum atomic E-state index is -4.06. The van der Waals surface area contributed by atoms with E-state index in [1.807, 2.05) is 0 Å². The van der Waals surface area contributed by atoms with Crippen LogP contribution in [0.5, 0.6) is 5.75 Å². The first kappa shape index (κ1) is 16.2. The van der Waals surface area contributed by atoms with Crippen molar-refractivity contribution in [2.75, 3.05) is 0 Å². The normalized spacial score (nSPS) is 11.4. The summed E-state index contributed by atoms with van der Waals surface area (Å²) < 4.78 is 40.2. The maximum Gasteiger partial charge on any atom is 0.209 e. The molecule has 0 bridgehead atoms. The van der Waals surface area contributed by atoms with Gasteiger partial charge in [0.25, 0.3) is 0 Å². The topological polar surface area (TPSA) is 54.4 Å². The Bertz CT molecular complexity index is 982. The highest BCUT2D eigenvalue weighted by molar-refractivity contribution is 7.91. The summed E-state index contributed by atoms with van der Waals surface area (Å²) >= 11 is 0. The molecule has 0 atom stereocenters. The number of benzene rings is 3. The van der Waals surface area contributed by atoms with Crippen LogP contribution in [-0.4, -0.2) is 13.5 Å². The van der Waals surface area contributed by atoms with E-state index in [0.717, 1.165) is 0 Å². The van der Waals surface area contributed by atoms with Crippen molar-refractivity contribution in [2.24, 2.45) is 0 Å². The number of phenolic OH excluding ortho intramolecular Hbond substituents is 1. The molecule has 0 aliphatic carbocycles. The Morgan fingerprint density at radius 1 is 0.917 bits per heavy atom. The molecule has 0 amide bonds. The van der Waals surface area contributed by atoms with Crippen LogP contribution in [0, 0.1) is 12.7 Å². The molecule has 3 aromatic carbocycles. The molecule has 0 spiro atoms. The molecule has 0 fully saturated rings. The summed E-state index contributed by atoms with van der Waals surface area (Å²) in [4.78, 5) is -0.509. The molecule has 3 nitrogen and oxygen atoms in total. The maximum absolute atomic E-state index is 14.8. The molecule has 122 valence electrons. The third kappa shape index (κ3) is 2.67. The van der Waals surface area contributed by atoms with E-state index in [4.69, 9.17) is 0 Å². The Morgan fingerprint density at radius 2 is 1.46 bits per heavy atom. The summed E-state index contributed by atoms with van der Waals surface area (Å²) in [5, 5.41) is 10.2. The Morgan fingerprint density at radius 3 is 2.04 bits per heavy atom. The van der Waals surface area contributed by atoms with Gasteiger partial charge in [0.1, 0.15) is 4.90 Å². The molecule has 3 aromatic rings. The van der Waals surface area contributed by atoms with Crippen molar-refractivity contribution in [1.29, 1.82) is 0 Å². The Kier molecular flexibility index (Phi) is 4.11. The van der Waals surface area contributed by atoms with E-state index in [-0.39, 0.29) is 16.0 Å². The predicted molar refractivity (Wildman–Crippen MR) is 90.1 cm³/mol. The molecule has 1 N–H and O–H groups in total. The molecule has 0 aliphatic heterocycles.